The van der Waals surface area contributed by atoms with Gasteiger partial charge in [0.2, 0.25) is 5.95 Å². The molecule has 0 bridgehead atoms. The molecule has 0 fully saturated rings. The van der Waals surface area contributed by atoms with Gasteiger partial charge in [0, 0.05) is 19.4 Å². The summed E-state index contributed by atoms with van der Waals surface area (Å²) in [6, 6.07) is 0. The van der Waals surface area contributed by atoms with Crippen LogP contribution in [-0.2, 0) is 7.05 Å². The van der Waals surface area contributed by atoms with Gasteiger partial charge in [0.1, 0.15) is 5.03 Å². The smallest absolute Gasteiger partial charge is 0.240 e. The first kappa shape index (κ1) is 11.0. The van der Waals surface area contributed by atoms with Crippen molar-refractivity contribution < 1.29 is 0 Å². The number of aromatic nitrogens is 6. The molecule has 4 N–H and O–H groups in total. The predicted molar refractivity (Wildman–Crippen MR) is 66.8 cm³/mol. The van der Waals surface area contributed by atoms with Crippen LogP contribution in [0.25, 0.3) is 11.0 Å². The number of hydrogen-bond acceptors (Lipinski definition) is 7. The van der Waals surface area contributed by atoms with Crippen molar-refractivity contribution in [1.82, 2.24) is 29.7 Å². The number of hydrogen-bond donors (Lipinski definition) is 3. The third-order valence-corrected chi connectivity index (χ3v) is 3.45. The average molecular weight is 262 g/mol. The number of nitrogens with one attached hydrogen (secondary N) is 2. The van der Waals surface area contributed by atoms with E-state index in [1.165, 1.54) is 11.8 Å². The summed E-state index contributed by atoms with van der Waals surface area (Å²) in [5.41, 5.74) is 3.07. The average Bonchev–Trinajstić information content (AvgIpc) is 2.98. The third kappa shape index (κ3) is 1.79. The van der Waals surface area contributed by atoms with Gasteiger partial charge in [0.25, 0.3) is 0 Å². The number of aromatic amines is 1. The number of rotatable bonds is 3. The van der Waals surface area contributed by atoms with Crippen molar-refractivity contribution in [1.29, 1.82) is 0 Å². The van der Waals surface area contributed by atoms with Crippen LogP contribution in [0.15, 0.2) is 28.8 Å². The summed E-state index contributed by atoms with van der Waals surface area (Å²) >= 11 is 1.43. The standard InChI is InChI=1S/C9H10N8S/c1-17-3-2-11-9(17)18-7-5-4-12-16-6(5)13-8(14-7)15-10/h2-4H,10H2,1H3,(H2,12,13,14,15,16). The van der Waals surface area contributed by atoms with E-state index in [1.54, 1.807) is 12.4 Å². The molecule has 0 saturated heterocycles. The lowest BCUT2D eigenvalue weighted by Gasteiger charge is -2.04. The van der Waals surface area contributed by atoms with Gasteiger partial charge in [-0.3, -0.25) is 10.5 Å². The van der Waals surface area contributed by atoms with Gasteiger partial charge in [-0.05, 0) is 11.8 Å². The molecule has 3 aromatic heterocycles. The Balaban J connectivity index is 2.10. The van der Waals surface area contributed by atoms with Crippen molar-refractivity contribution in [2.75, 3.05) is 5.43 Å². The summed E-state index contributed by atoms with van der Waals surface area (Å²) in [5.74, 6) is 5.68. The fourth-order valence-corrected chi connectivity index (χ4v) is 2.37. The summed E-state index contributed by atoms with van der Waals surface area (Å²) < 4.78 is 1.91. The Kier molecular flexibility index (Phi) is 2.61. The van der Waals surface area contributed by atoms with Gasteiger partial charge in [0.15, 0.2) is 10.8 Å². The Hall–Kier alpha value is -2.13. The molecule has 3 aromatic rings. The first-order valence-corrected chi connectivity index (χ1v) is 5.92. The van der Waals surface area contributed by atoms with E-state index in [0.717, 1.165) is 15.6 Å². The number of aryl methyl sites for hydroxylation is 1. The van der Waals surface area contributed by atoms with Gasteiger partial charge in [-0.25, -0.2) is 15.8 Å². The number of anilines is 1. The van der Waals surface area contributed by atoms with Gasteiger partial charge in [-0.15, -0.1) is 0 Å². The molecular weight excluding hydrogens is 252 g/mol. The first-order chi connectivity index (χ1) is 8.78. The molecule has 0 spiro atoms. The highest BCUT2D eigenvalue weighted by molar-refractivity contribution is 7.99. The van der Waals surface area contributed by atoms with Crippen LogP contribution in [-0.4, -0.2) is 29.7 Å². The molecule has 0 unspecified atom stereocenters. The second-order valence-electron chi connectivity index (χ2n) is 3.55. The third-order valence-electron chi connectivity index (χ3n) is 2.37. The number of nitrogen functional groups attached to an aromatic ring is 1. The Labute approximate surface area is 106 Å². The fourth-order valence-electron chi connectivity index (χ4n) is 1.49. The maximum Gasteiger partial charge on any atom is 0.240 e. The van der Waals surface area contributed by atoms with Crippen molar-refractivity contribution in [2.45, 2.75) is 10.2 Å². The van der Waals surface area contributed by atoms with Crippen LogP contribution in [0.1, 0.15) is 0 Å². The molecule has 18 heavy (non-hydrogen) atoms. The summed E-state index contributed by atoms with van der Waals surface area (Å²) in [4.78, 5) is 12.7. The maximum absolute atomic E-state index is 5.34. The Morgan fingerprint density at radius 2 is 2.33 bits per heavy atom. The molecule has 0 aliphatic heterocycles. The van der Waals surface area contributed by atoms with E-state index in [2.05, 4.69) is 30.6 Å². The van der Waals surface area contributed by atoms with Gasteiger partial charge < -0.3 is 4.57 Å². The van der Waals surface area contributed by atoms with Gasteiger partial charge in [0.05, 0.1) is 11.6 Å². The summed E-state index contributed by atoms with van der Waals surface area (Å²) in [7, 11) is 1.92. The van der Waals surface area contributed by atoms with E-state index < -0.39 is 0 Å². The summed E-state index contributed by atoms with van der Waals surface area (Å²) in [6.07, 6.45) is 5.29. The monoisotopic (exact) mass is 262 g/mol. The van der Waals surface area contributed by atoms with Crippen molar-refractivity contribution in [3.05, 3.63) is 18.6 Å². The molecule has 0 atom stereocenters. The Morgan fingerprint density at radius 3 is 3.06 bits per heavy atom. The zero-order valence-electron chi connectivity index (χ0n) is 9.45. The minimum absolute atomic E-state index is 0.337. The Morgan fingerprint density at radius 1 is 1.44 bits per heavy atom. The lowest BCUT2D eigenvalue weighted by atomic mass is 10.4. The van der Waals surface area contributed by atoms with Gasteiger partial charge >= 0.3 is 0 Å². The minimum Gasteiger partial charge on any atom is -0.329 e. The molecule has 3 rings (SSSR count). The molecule has 9 heteroatoms. The van der Waals surface area contributed by atoms with Gasteiger partial charge in [-0.1, -0.05) is 0 Å². The molecule has 0 radical (unpaired) electrons. The highest BCUT2D eigenvalue weighted by Gasteiger charge is 2.12. The Bertz CT molecular complexity index is 687. The van der Waals surface area contributed by atoms with Crippen LogP contribution in [0.2, 0.25) is 0 Å². The molecule has 3 heterocycles. The molecular formula is C9H10N8S. The number of nitrogens with two attached hydrogens (primary N) is 1. The van der Waals surface area contributed by atoms with E-state index >= 15 is 0 Å². The summed E-state index contributed by atoms with van der Waals surface area (Å²) in [6.45, 7) is 0. The number of imidazole rings is 1. The molecule has 0 aliphatic carbocycles. The summed E-state index contributed by atoms with van der Waals surface area (Å²) in [5, 5.41) is 9.16. The highest BCUT2D eigenvalue weighted by Crippen LogP contribution is 2.30. The molecule has 0 amide bonds. The molecule has 92 valence electrons. The van der Waals surface area contributed by atoms with Crippen LogP contribution in [0, 0.1) is 0 Å². The fraction of sp³-hybridized carbons (Fsp3) is 0.111. The zero-order chi connectivity index (χ0) is 12.5. The van der Waals surface area contributed by atoms with Crippen LogP contribution >= 0.6 is 11.8 Å². The van der Waals surface area contributed by atoms with Crippen LogP contribution in [0.3, 0.4) is 0 Å². The van der Waals surface area contributed by atoms with E-state index in [-0.39, 0.29) is 0 Å². The molecule has 0 aliphatic rings. The highest BCUT2D eigenvalue weighted by atomic mass is 32.2. The van der Waals surface area contributed by atoms with Crippen molar-refractivity contribution in [2.24, 2.45) is 12.9 Å². The van der Waals surface area contributed by atoms with Gasteiger partial charge in [-0.2, -0.15) is 10.1 Å². The lowest BCUT2D eigenvalue weighted by Crippen LogP contribution is -2.10. The number of fused-ring (bicyclic) bond motifs is 1. The molecule has 8 nitrogen and oxygen atoms in total. The first-order valence-electron chi connectivity index (χ1n) is 5.11. The van der Waals surface area contributed by atoms with E-state index in [9.17, 15) is 0 Å². The van der Waals surface area contributed by atoms with Crippen molar-refractivity contribution in [3.63, 3.8) is 0 Å². The van der Waals surface area contributed by atoms with Crippen LogP contribution in [0.5, 0.6) is 0 Å². The second kappa shape index (κ2) is 4.27. The second-order valence-corrected chi connectivity index (χ2v) is 4.51. The zero-order valence-corrected chi connectivity index (χ0v) is 10.3. The van der Waals surface area contributed by atoms with E-state index in [0.29, 0.717) is 11.6 Å². The van der Waals surface area contributed by atoms with E-state index in [4.69, 9.17) is 5.84 Å². The van der Waals surface area contributed by atoms with Crippen LogP contribution < -0.4 is 11.3 Å². The number of nitrogens with zero attached hydrogens (tertiary/aromatic N) is 5. The van der Waals surface area contributed by atoms with Crippen LogP contribution in [0.4, 0.5) is 5.95 Å². The minimum atomic E-state index is 0.337. The predicted octanol–water partition coefficient (Wildman–Crippen LogP) is 0.523. The van der Waals surface area contributed by atoms with E-state index in [1.807, 2.05) is 17.8 Å². The maximum atomic E-state index is 5.34. The van der Waals surface area contributed by atoms with Crippen molar-refractivity contribution in [3.8, 4) is 0 Å². The quantitative estimate of drug-likeness (QED) is 0.358. The number of hydrazine groups is 1. The largest absolute Gasteiger partial charge is 0.329 e. The molecule has 0 saturated carbocycles. The SMILES string of the molecule is Cn1ccnc1Sc1nc(NN)nc2[nH]ncc12. The number of H-pyrrole nitrogens is 1. The lowest BCUT2D eigenvalue weighted by molar-refractivity contribution is 0.789. The van der Waals surface area contributed by atoms with Crippen molar-refractivity contribution >= 4 is 28.7 Å². The normalized spacial score (nSPS) is 11.0. The topological polar surface area (TPSA) is 110 Å². The molecule has 0 aromatic carbocycles.